The molecule has 2 aliphatic rings. The maximum absolute atomic E-state index is 14.8. The molecule has 0 spiro atoms. The highest BCUT2D eigenvalue weighted by Gasteiger charge is 2.31. The Balaban J connectivity index is 0.00000216. The highest BCUT2D eigenvalue weighted by Crippen LogP contribution is 2.41. The van der Waals surface area contributed by atoms with Gasteiger partial charge in [-0.15, -0.1) is 22.6 Å². The predicted molar refractivity (Wildman–Crippen MR) is 120 cm³/mol. The maximum Gasteiger partial charge on any atom is 0.168 e. The SMILES string of the molecule is Cc1cc(-c2cc3c(n4cnnc24)CCc2c(F)ccc4c2[C@H](CO4)CO3)c(C)cn1.Cl. The number of aryl methyl sites for hydroxylation is 3. The van der Waals surface area contributed by atoms with E-state index in [1.165, 1.54) is 6.07 Å². The van der Waals surface area contributed by atoms with Gasteiger partial charge in [0.2, 0.25) is 0 Å². The quantitative estimate of drug-likeness (QED) is 0.421. The topological polar surface area (TPSA) is 61.5 Å². The van der Waals surface area contributed by atoms with Crippen molar-refractivity contribution in [3.63, 3.8) is 0 Å². The Labute approximate surface area is 190 Å². The molecule has 0 aliphatic carbocycles. The second kappa shape index (κ2) is 7.74. The van der Waals surface area contributed by atoms with Gasteiger partial charge in [0, 0.05) is 23.0 Å². The van der Waals surface area contributed by atoms with Crippen LogP contribution in [0.2, 0.25) is 0 Å². The number of fused-ring (bicyclic) bond motifs is 3. The molecule has 6 nitrogen and oxygen atoms in total. The summed E-state index contributed by atoms with van der Waals surface area (Å²) in [5.74, 6) is 1.38. The molecule has 0 saturated heterocycles. The molecule has 164 valence electrons. The summed E-state index contributed by atoms with van der Waals surface area (Å²) in [4.78, 5) is 4.39. The van der Waals surface area contributed by atoms with Crippen molar-refractivity contribution in [2.75, 3.05) is 13.2 Å². The molecule has 0 N–H and O–H groups in total. The highest BCUT2D eigenvalue weighted by atomic mass is 35.5. The Morgan fingerprint density at radius 3 is 2.69 bits per heavy atom. The minimum absolute atomic E-state index is 0. The van der Waals surface area contributed by atoms with Crippen molar-refractivity contribution >= 4 is 18.1 Å². The molecule has 0 unspecified atom stereocenters. The van der Waals surface area contributed by atoms with Crippen LogP contribution in [0.4, 0.5) is 4.39 Å². The van der Waals surface area contributed by atoms with Crippen molar-refractivity contribution in [1.29, 1.82) is 0 Å². The summed E-state index contributed by atoms with van der Waals surface area (Å²) in [6, 6.07) is 7.33. The number of rotatable bonds is 1. The molecule has 0 fully saturated rings. The average Bonchev–Trinajstić information content (AvgIpc) is 3.41. The lowest BCUT2D eigenvalue weighted by Crippen LogP contribution is -2.13. The Kier molecular flexibility index (Phi) is 5.01. The third-order valence-electron chi connectivity index (χ3n) is 6.33. The first-order valence-corrected chi connectivity index (χ1v) is 10.5. The molecule has 1 aromatic carbocycles. The van der Waals surface area contributed by atoms with Crippen LogP contribution in [0.5, 0.6) is 11.5 Å². The van der Waals surface area contributed by atoms with Gasteiger partial charge in [-0.1, -0.05) is 0 Å². The fourth-order valence-electron chi connectivity index (χ4n) is 4.78. The molecule has 0 bridgehead atoms. The lowest BCUT2D eigenvalue weighted by molar-refractivity contribution is 0.246. The minimum Gasteiger partial charge on any atom is -0.493 e. The fraction of sp³-hybridized carbons (Fsp3) is 0.292. The minimum atomic E-state index is -0.183. The van der Waals surface area contributed by atoms with Gasteiger partial charge in [0.15, 0.2) is 5.65 Å². The van der Waals surface area contributed by atoms with Crippen LogP contribution in [0.1, 0.15) is 34.0 Å². The molecule has 0 saturated carbocycles. The number of hydrogen-bond donors (Lipinski definition) is 0. The standard InChI is InChI=1S/C24H21FN4O2.ClH/c1-13-9-26-14(2)7-17(13)18-8-22-20(29-12-27-28-24(18)29)5-3-16-19(25)4-6-21-23(16)15(10-30-21)11-31-22;/h4,6-9,12,15H,3,5,10-11H2,1-2H3;1H/t15-;/m1./s1. The van der Waals surface area contributed by atoms with E-state index in [-0.39, 0.29) is 24.1 Å². The summed E-state index contributed by atoms with van der Waals surface area (Å²) >= 11 is 0. The van der Waals surface area contributed by atoms with E-state index < -0.39 is 0 Å². The first-order valence-electron chi connectivity index (χ1n) is 10.5. The van der Waals surface area contributed by atoms with Gasteiger partial charge in [-0.05, 0) is 67.6 Å². The van der Waals surface area contributed by atoms with Gasteiger partial charge in [0.05, 0.1) is 24.8 Å². The molecule has 3 aromatic heterocycles. The molecule has 0 radical (unpaired) electrons. The van der Waals surface area contributed by atoms with Crippen LogP contribution in [0, 0.1) is 19.7 Å². The Hall–Kier alpha value is -3.19. The van der Waals surface area contributed by atoms with Crippen LogP contribution in [0.3, 0.4) is 0 Å². The first kappa shape index (κ1) is 20.7. The molecule has 2 aliphatic heterocycles. The van der Waals surface area contributed by atoms with E-state index in [2.05, 4.69) is 21.2 Å². The van der Waals surface area contributed by atoms with Crippen LogP contribution < -0.4 is 9.47 Å². The second-order valence-corrected chi connectivity index (χ2v) is 8.29. The van der Waals surface area contributed by atoms with Crippen molar-refractivity contribution in [1.82, 2.24) is 19.6 Å². The number of pyridine rings is 2. The Morgan fingerprint density at radius 1 is 1.03 bits per heavy atom. The van der Waals surface area contributed by atoms with E-state index in [9.17, 15) is 4.39 Å². The number of nitrogens with zero attached hydrogens (tertiary/aromatic N) is 4. The van der Waals surface area contributed by atoms with Crippen molar-refractivity contribution in [3.05, 3.63) is 70.7 Å². The molecule has 5 heterocycles. The van der Waals surface area contributed by atoms with Gasteiger partial charge in [0.25, 0.3) is 0 Å². The molecule has 4 aromatic rings. The smallest absolute Gasteiger partial charge is 0.168 e. The zero-order valence-electron chi connectivity index (χ0n) is 17.8. The number of ether oxygens (including phenoxy) is 2. The van der Waals surface area contributed by atoms with Crippen LogP contribution in [0.25, 0.3) is 16.8 Å². The molecule has 1 atom stereocenters. The normalized spacial score (nSPS) is 16.7. The number of aromatic nitrogens is 4. The summed E-state index contributed by atoms with van der Waals surface area (Å²) in [6.07, 6.45) is 4.75. The van der Waals surface area contributed by atoms with Crippen molar-refractivity contribution < 1.29 is 13.9 Å². The van der Waals surface area contributed by atoms with Crippen LogP contribution >= 0.6 is 12.4 Å². The van der Waals surface area contributed by atoms with Gasteiger partial charge in [-0.25, -0.2) is 4.39 Å². The van der Waals surface area contributed by atoms with Gasteiger partial charge in [-0.2, -0.15) is 0 Å². The maximum atomic E-state index is 14.8. The first-order chi connectivity index (χ1) is 15.1. The highest BCUT2D eigenvalue weighted by molar-refractivity contribution is 5.85. The Morgan fingerprint density at radius 2 is 1.84 bits per heavy atom. The van der Waals surface area contributed by atoms with Gasteiger partial charge >= 0.3 is 0 Å². The van der Waals surface area contributed by atoms with Crippen LogP contribution in [-0.4, -0.2) is 32.8 Å². The third kappa shape index (κ3) is 3.11. The van der Waals surface area contributed by atoms with Crippen molar-refractivity contribution in [3.8, 4) is 22.6 Å². The molecule has 6 rings (SSSR count). The zero-order chi connectivity index (χ0) is 21.1. The fourth-order valence-corrected chi connectivity index (χ4v) is 4.78. The number of benzene rings is 1. The zero-order valence-corrected chi connectivity index (χ0v) is 18.6. The predicted octanol–water partition coefficient (Wildman–Crippen LogP) is 4.62. The van der Waals surface area contributed by atoms with Crippen molar-refractivity contribution in [2.45, 2.75) is 32.6 Å². The summed E-state index contributed by atoms with van der Waals surface area (Å²) in [5, 5.41) is 8.57. The Bertz CT molecular complexity index is 1350. The molecular formula is C24H22ClFN4O2. The third-order valence-corrected chi connectivity index (χ3v) is 6.33. The van der Waals surface area contributed by atoms with Gasteiger partial charge < -0.3 is 9.47 Å². The van der Waals surface area contributed by atoms with Crippen LogP contribution in [-0.2, 0) is 12.8 Å². The average molecular weight is 453 g/mol. The van der Waals surface area contributed by atoms with E-state index in [1.807, 2.05) is 30.5 Å². The van der Waals surface area contributed by atoms with Crippen molar-refractivity contribution in [2.24, 2.45) is 0 Å². The van der Waals surface area contributed by atoms with Gasteiger partial charge in [0.1, 0.15) is 23.6 Å². The number of halogens is 2. The molecule has 32 heavy (non-hydrogen) atoms. The monoisotopic (exact) mass is 452 g/mol. The largest absolute Gasteiger partial charge is 0.493 e. The van der Waals surface area contributed by atoms with E-state index in [0.717, 1.165) is 56.4 Å². The van der Waals surface area contributed by atoms with E-state index in [4.69, 9.17) is 9.47 Å². The summed E-state index contributed by atoms with van der Waals surface area (Å²) in [5.41, 5.74) is 7.38. The summed E-state index contributed by atoms with van der Waals surface area (Å²) in [7, 11) is 0. The molecule has 8 heteroatoms. The lowest BCUT2D eigenvalue weighted by atomic mass is 9.93. The van der Waals surface area contributed by atoms with Gasteiger partial charge in [-0.3, -0.25) is 9.38 Å². The van der Waals surface area contributed by atoms with E-state index >= 15 is 0 Å². The number of hydrogen-bond acceptors (Lipinski definition) is 5. The molecular weight excluding hydrogens is 431 g/mol. The molecule has 0 amide bonds. The van der Waals surface area contributed by atoms with Crippen LogP contribution in [0.15, 0.2) is 36.8 Å². The lowest BCUT2D eigenvalue weighted by Gasteiger charge is -2.17. The van der Waals surface area contributed by atoms with E-state index in [0.29, 0.717) is 26.1 Å². The summed E-state index contributed by atoms with van der Waals surface area (Å²) in [6.45, 7) is 4.94. The van der Waals surface area contributed by atoms with E-state index in [1.54, 1.807) is 12.4 Å². The summed E-state index contributed by atoms with van der Waals surface area (Å²) < 4.78 is 28.9. The second-order valence-electron chi connectivity index (χ2n) is 8.29.